The van der Waals surface area contributed by atoms with E-state index >= 15 is 0 Å². The summed E-state index contributed by atoms with van der Waals surface area (Å²) in [6.45, 7) is 3.65. The van der Waals surface area contributed by atoms with E-state index in [9.17, 15) is 9.90 Å². The third-order valence-electron chi connectivity index (χ3n) is 2.79. The van der Waals surface area contributed by atoms with Crippen LogP contribution < -0.4 is 5.32 Å². The monoisotopic (exact) mass is 275 g/mol. The van der Waals surface area contributed by atoms with Crippen molar-refractivity contribution in [1.29, 1.82) is 0 Å². The zero-order valence-corrected chi connectivity index (χ0v) is 11.5. The van der Waals surface area contributed by atoms with Crippen molar-refractivity contribution >= 4 is 23.2 Å². The van der Waals surface area contributed by atoms with Gasteiger partial charge in [0.25, 0.3) is 5.91 Å². The zero-order chi connectivity index (χ0) is 14.0. The van der Waals surface area contributed by atoms with E-state index in [0.29, 0.717) is 16.3 Å². The van der Waals surface area contributed by atoms with Gasteiger partial charge in [-0.2, -0.15) is 0 Å². The molecule has 98 valence electrons. The molecule has 2 N–H and O–H groups in total. The average molecular weight is 276 g/mol. The lowest BCUT2D eigenvalue weighted by Crippen LogP contribution is -2.12. The molecule has 0 radical (unpaired) electrons. The third-order valence-corrected chi connectivity index (χ3v) is 3.04. The van der Waals surface area contributed by atoms with E-state index in [4.69, 9.17) is 11.6 Å². The highest BCUT2D eigenvalue weighted by atomic mass is 35.5. The zero-order valence-electron chi connectivity index (χ0n) is 10.7. The van der Waals surface area contributed by atoms with E-state index in [1.165, 1.54) is 0 Å². The SMILES string of the molecule is Cc1cc(C)c(O)c(C(=O)Nc2ccc(Cl)cc2)c1. The van der Waals surface area contributed by atoms with Crippen LogP contribution in [0.15, 0.2) is 36.4 Å². The van der Waals surface area contributed by atoms with Gasteiger partial charge in [-0.15, -0.1) is 0 Å². The average Bonchev–Trinajstić information content (AvgIpc) is 2.36. The number of aryl methyl sites for hydroxylation is 2. The summed E-state index contributed by atoms with van der Waals surface area (Å²) in [5, 5.41) is 13.3. The van der Waals surface area contributed by atoms with Gasteiger partial charge < -0.3 is 10.4 Å². The summed E-state index contributed by atoms with van der Waals surface area (Å²) in [6.07, 6.45) is 0. The van der Waals surface area contributed by atoms with Crippen LogP contribution in [-0.4, -0.2) is 11.0 Å². The summed E-state index contributed by atoms with van der Waals surface area (Å²) < 4.78 is 0. The quantitative estimate of drug-likeness (QED) is 0.873. The van der Waals surface area contributed by atoms with Crippen LogP contribution in [0.1, 0.15) is 21.5 Å². The maximum absolute atomic E-state index is 12.1. The number of phenolic OH excluding ortho intramolecular Hbond substituents is 1. The molecule has 0 aliphatic rings. The van der Waals surface area contributed by atoms with Crippen molar-refractivity contribution in [2.24, 2.45) is 0 Å². The first kappa shape index (κ1) is 13.4. The Bertz CT molecular complexity index is 621. The van der Waals surface area contributed by atoms with Crippen LogP contribution in [0.5, 0.6) is 5.75 Å². The standard InChI is InChI=1S/C15H14ClNO2/c1-9-7-10(2)14(18)13(8-9)15(19)17-12-5-3-11(16)4-6-12/h3-8,18H,1-2H3,(H,17,19). The Morgan fingerprint density at radius 2 is 1.79 bits per heavy atom. The van der Waals surface area contributed by atoms with Crippen LogP contribution in [0.2, 0.25) is 5.02 Å². The number of benzene rings is 2. The van der Waals surface area contributed by atoms with Gasteiger partial charge in [0, 0.05) is 10.7 Å². The Hall–Kier alpha value is -2.00. The Morgan fingerprint density at radius 3 is 2.42 bits per heavy atom. The second-order valence-corrected chi connectivity index (χ2v) is 4.88. The van der Waals surface area contributed by atoms with Gasteiger partial charge in [-0.1, -0.05) is 17.7 Å². The lowest BCUT2D eigenvalue weighted by Gasteiger charge is -2.10. The van der Waals surface area contributed by atoms with Gasteiger partial charge in [0.05, 0.1) is 5.56 Å². The minimum Gasteiger partial charge on any atom is -0.507 e. The summed E-state index contributed by atoms with van der Waals surface area (Å²) in [5.74, 6) is -0.330. The van der Waals surface area contributed by atoms with Gasteiger partial charge in [0.2, 0.25) is 0 Å². The molecule has 0 aliphatic heterocycles. The van der Waals surface area contributed by atoms with Crippen LogP contribution >= 0.6 is 11.6 Å². The number of carbonyl (C=O) groups excluding carboxylic acids is 1. The number of amides is 1. The van der Waals surface area contributed by atoms with E-state index in [0.717, 1.165) is 5.56 Å². The molecule has 0 aliphatic carbocycles. The molecule has 0 unspecified atom stereocenters. The number of halogens is 1. The van der Waals surface area contributed by atoms with Crippen LogP contribution in [0, 0.1) is 13.8 Å². The van der Waals surface area contributed by atoms with Crippen molar-refractivity contribution in [2.45, 2.75) is 13.8 Å². The predicted octanol–water partition coefficient (Wildman–Crippen LogP) is 3.91. The topological polar surface area (TPSA) is 49.3 Å². The molecule has 0 fully saturated rings. The van der Waals surface area contributed by atoms with E-state index in [1.807, 2.05) is 13.0 Å². The minimum atomic E-state index is -0.341. The Labute approximate surface area is 116 Å². The number of phenols is 1. The number of rotatable bonds is 2. The number of nitrogens with one attached hydrogen (secondary N) is 1. The Kier molecular flexibility index (Phi) is 3.76. The van der Waals surface area contributed by atoms with Crippen LogP contribution in [0.4, 0.5) is 5.69 Å². The second kappa shape index (κ2) is 5.33. The first-order chi connectivity index (χ1) is 8.97. The number of anilines is 1. The summed E-state index contributed by atoms with van der Waals surface area (Å²) in [5.41, 5.74) is 2.51. The molecular formula is C15H14ClNO2. The summed E-state index contributed by atoms with van der Waals surface area (Å²) in [7, 11) is 0. The third kappa shape index (κ3) is 3.06. The molecule has 19 heavy (non-hydrogen) atoms. The van der Waals surface area contributed by atoms with Gasteiger partial charge in [-0.3, -0.25) is 4.79 Å². The fraction of sp³-hybridized carbons (Fsp3) is 0.133. The molecule has 2 rings (SSSR count). The lowest BCUT2D eigenvalue weighted by molar-refractivity contribution is 0.102. The number of aromatic hydroxyl groups is 1. The van der Waals surface area contributed by atoms with Gasteiger partial charge in [-0.25, -0.2) is 0 Å². The molecule has 0 atom stereocenters. The second-order valence-electron chi connectivity index (χ2n) is 4.44. The summed E-state index contributed by atoms with van der Waals surface area (Å²) in [6, 6.07) is 10.3. The van der Waals surface area contributed by atoms with Gasteiger partial charge in [0.15, 0.2) is 0 Å². The molecule has 2 aromatic carbocycles. The van der Waals surface area contributed by atoms with Crippen LogP contribution in [0.3, 0.4) is 0 Å². The van der Waals surface area contributed by atoms with E-state index in [2.05, 4.69) is 5.32 Å². The lowest BCUT2D eigenvalue weighted by atomic mass is 10.0. The largest absolute Gasteiger partial charge is 0.507 e. The summed E-state index contributed by atoms with van der Waals surface area (Å²) in [4.78, 5) is 12.1. The molecule has 0 saturated carbocycles. The number of carbonyl (C=O) groups is 1. The van der Waals surface area contributed by atoms with Crippen molar-refractivity contribution in [2.75, 3.05) is 5.32 Å². The van der Waals surface area contributed by atoms with Crippen molar-refractivity contribution in [3.8, 4) is 5.75 Å². The number of hydrogen-bond acceptors (Lipinski definition) is 2. The fourth-order valence-corrected chi connectivity index (χ4v) is 1.99. The minimum absolute atomic E-state index is 0.0112. The maximum Gasteiger partial charge on any atom is 0.259 e. The van der Waals surface area contributed by atoms with E-state index in [1.54, 1.807) is 37.3 Å². The summed E-state index contributed by atoms with van der Waals surface area (Å²) >= 11 is 5.78. The molecule has 0 aromatic heterocycles. The molecular weight excluding hydrogens is 262 g/mol. The molecule has 0 saturated heterocycles. The van der Waals surface area contributed by atoms with Gasteiger partial charge in [-0.05, 0) is 55.3 Å². The fourth-order valence-electron chi connectivity index (χ4n) is 1.86. The number of hydrogen-bond donors (Lipinski definition) is 2. The molecule has 0 spiro atoms. The normalized spacial score (nSPS) is 10.3. The van der Waals surface area contributed by atoms with Crippen molar-refractivity contribution in [3.63, 3.8) is 0 Å². The van der Waals surface area contributed by atoms with Gasteiger partial charge in [0.1, 0.15) is 5.75 Å². The molecule has 3 nitrogen and oxygen atoms in total. The first-order valence-corrected chi connectivity index (χ1v) is 6.22. The smallest absolute Gasteiger partial charge is 0.259 e. The first-order valence-electron chi connectivity index (χ1n) is 5.84. The molecule has 0 heterocycles. The van der Waals surface area contributed by atoms with Gasteiger partial charge >= 0.3 is 0 Å². The molecule has 1 amide bonds. The Morgan fingerprint density at radius 1 is 1.16 bits per heavy atom. The molecule has 2 aromatic rings. The van der Waals surface area contributed by atoms with E-state index in [-0.39, 0.29) is 17.2 Å². The van der Waals surface area contributed by atoms with Crippen molar-refractivity contribution in [3.05, 3.63) is 58.1 Å². The van der Waals surface area contributed by atoms with Crippen LogP contribution in [-0.2, 0) is 0 Å². The maximum atomic E-state index is 12.1. The highest BCUT2D eigenvalue weighted by molar-refractivity contribution is 6.30. The molecule has 4 heteroatoms. The predicted molar refractivity (Wildman–Crippen MR) is 77.0 cm³/mol. The van der Waals surface area contributed by atoms with Crippen LogP contribution in [0.25, 0.3) is 0 Å². The van der Waals surface area contributed by atoms with E-state index < -0.39 is 0 Å². The molecule has 0 bridgehead atoms. The highest BCUT2D eigenvalue weighted by Gasteiger charge is 2.13. The Balaban J connectivity index is 2.27. The highest BCUT2D eigenvalue weighted by Crippen LogP contribution is 2.25. The van der Waals surface area contributed by atoms with Crippen molar-refractivity contribution in [1.82, 2.24) is 0 Å². The van der Waals surface area contributed by atoms with Crippen molar-refractivity contribution < 1.29 is 9.90 Å².